The molecule has 2 N–H and O–H groups in total. The smallest absolute Gasteiger partial charge is 0.357 e. The maximum atomic E-state index is 13.4. The van der Waals surface area contributed by atoms with E-state index in [9.17, 15) is 33.9 Å². The molecule has 0 saturated carbocycles. The lowest BCUT2D eigenvalue weighted by atomic mass is 9.63. The highest BCUT2D eigenvalue weighted by Crippen LogP contribution is 2.56. The van der Waals surface area contributed by atoms with Gasteiger partial charge in [0, 0.05) is 31.6 Å². The molecule has 1 spiro atoms. The van der Waals surface area contributed by atoms with Gasteiger partial charge in [-0.05, 0) is 47.6 Å². The molecule has 72 heavy (non-hydrogen) atoms. The number of likely N-dealkylation sites (tertiary alicyclic amines) is 2. The number of benzene rings is 4. The number of methoxy groups -OCH3 is 4. The Morgan fingerprint density at radius 3 is 1.60 bits per heavy atom. The topological polar surface area (TPSA) is 206 Å². The summed E-state index contributed by atoms with van der Waals surface area (Å²) in [7, 11) is 4.99. The number of piperidine rings is 2. The third kappa shape index (κ3) is 8.87. The number of amidine groups is 2. The SMILES string of the molecule is CCCN1c2ccccc2[C@]23CCC(=O)N(Cc4ccccc4)C2=NC(C(=O)OC)=C(C(=O)OC)C13.COC(=O)C1=C(C(=O)OC)C(NCCO)[C@@]2(c3ccccc3)CCC(=O)N(Cc3ccccc3)C2=N1. The molecule has 2 amide bonds. The lowest BCUT2D eigenvalue weighted by Gasteiger charge is -2.50. The first-order valence-corrected chi connectivity index (χ1v) is 23.9. The summed E-state index contributed by atoms with van der Waals surface area (Å²) in [6.45, 7) is 3.20. The van der Waals surface area contributed by atoms with E-state index in [1.165, 1.54) is 28.4 Å². The number of aliphatic hydroxyl groups is 1. The Bertz CT molecular complexity index is 2790. The highest BCUT2D eigenvalue weighted by molar-refractivity contribution is 6.16. The maximum Gasteiger partial charge on any atom is 0.357 e. The Hall–Kier alpha value is -7.76. The molecule has 4 aromatic carbocycles. The molecule has 5 aliphatic rings. The molecular weight excluding hydrogens is 921 g/mol. The van der Waals surface area contributed by atoms with Gasteiger partial charge in [0.15, 0.2) is 11.4 Å². The summed E-state index contributed by atoms with van der Waals surface area (Å²) in [5.41, 5.74) is 2.66. The zero-order valence-corrected chi connectivity index (χ0v) is 41.0. The summed E-state index contributed by atoms with van der Waals surface area (Å²) in [5.74, 6) is -2.31. The number of fused-ring (bicyclic) bond motifs is 2. The fraction of sp³-hybridized carbons (Fsp3) is 0.345. The van der Waals surface area contributed by atoms with Gasteiger partial charge in [0.2, 0.25) is 11.8 Å². The van der Waals surface area contributed by atoms with Gasteiger partial charge in [0.25, 0.3) is 0 Å². The summed E-state index contributed by atoms with van der Waals surface area (Å²) in [5, 5.41) is 12.9. The van der Waals surface area contributed by atoms with E-state index in [4.69, 9.17) is 23.9 Å². The molecule has 17 nitrogen and oxygen atoms in total. The zero-order valence-electron chi connectivity index (χ0n) is 41.0. The number of ether oxygens (including phenoxy) is 4. The van der Waals surface area contributed by atoms with Crippen LogP contribution in [0.15, 0.2) is 148 Å². The molecule has 4 atom stereocenters. The van der Waals surface area contributed by atoms with E-state index in [-0.39, 0.29) is 60.5 Å². The van der Waals surface area contributed by atoms with Crippen molar-refractivity contribution < 1.29 is 52.8 Å². The van der Waals surface area contributed by atoms with Crippen LogP contribution < -0.4 is 10.2 Å². The van der Waals surface area contributed by atoms with Gasteiger partial charge in [-0.1, -0.05) is 116 Å². The largest absolute Gasteiger partial charge is 0.466 e. The van der Waals surface area contributed by atoms with E-state index in [1.54, 1.807) is 9.80 Å². The Morgan fingerprint density at radius 2 is 1.08 bits per heavy atom. The number of hydrogen-bond donors (Lipinski definition) is 2. The van der Waals surface area contributed by atoms with E-state index in [1.807, 2.05) is 115 Å². The standard InChI is InChI=1S/C28H29N3O5.C27H29N3O6/c1-4-16-30-20-13-9-8-12-19(20)28-15-14-21(32)31(17-18-10-6-5-7-11-18)27(28)29-23(26(34)36-3)22(24(28)30)25(33)35-2;1-35-24(33)21-22(25(34)36-2)29-26-27(23(21)28-15-16-31,19-11-7-4-8-12-19)14-13-20(32)30(26)17-18-9-5-3-6-10-18/h5-13,24H,4,14-17H2,1-3H3;3-12,23,28,31H,13-17H2,1-2H3/t24?,28-;23?,27-/m00/s1. The molecule has 0 aliphatic carbocycles. The number of esters is 4. The molecule has 2 fully saturated rings. The Kier molecular flexibility index (Phi) is 15.3. The number of anilines is 1. The van der Waals surface area contributed by atoms with Crippen molar-refractivity contribution in [3.05, 3.63) is 160 Å². The van der Waals surface area contributed by atoms with Crippen molar-refractivity contribution in [1.82, 2.24) is 15.1 Å². The first-order chi connectivity index (χ1) is 34.9. The number of carbonyl (C=O) groups excluding carboxylic acids is 6. The van der Waals surface area contributed by atoms with Crippen molar-refractivity contribution in [3.8, 4) is 0 Å². The molecule has 5 aliphatic heterocycles. The Morgan fingerprint density at radius 1 is 0.625 bits per heavy atom. The van der Waals surface area contributed by atoms with Crippen LogP contribution in [0.4, 0.5) is 5.69 Å². The predicted octanol–water partition coefficient (Wildman–Crippen LogP) is 5.07. The van der Waals surface area contributed by atoms with Crippen LogP contribution >= 0.6 is 0 Å². The number of aliphatic hydroxyl groups excluding tert-OH is 1. The molecule has 0 bridgehead atoms. The van der Waals surface area contributed by atoms with Crippen LogP contribution in [0, 0.1) is 0 Å². The number of amides is 2. The monoisotopic (exact) mass is 978 g/mol. The third-order valence-corrected chi connectivity index (χ3v) is 14.0. The molecule has 5 heterocycles. The third-order valence-electron chi connectivity index (χ3n) is 14.0. The van der Waals surface area contributed by atoms with Crippen molar-refractivity contribution in [2.75, 3.05) is 53.0 Å². The van der Waals surface area contributed by atoms with Crippen molar-refractivity contribution >= 4 is 53.1 Å². The van der Waals surface area contributed by atoms with E-state index in [2.05, 4.69) is 22.1 Å². The van der Waals surface area contributed by atoms with Crippen molar-refractivity contribution in [2.24, 2.45) is 9.98 Å². The number of aliphatic imine (C=N–C) groups is 2. The molecule has 0 aromatic heterocycles. The van der Waals surface area contributed by atoms with Gasteiger partial charge in [0.05, 0.1) is 82.2 Å². The van der Waals surface area contributed by atoms with Crippen molar-refractivity contribution in [2.45, 2.75) is 75.0 Å². The number of para-hydroxylation sites is 1. The fourth-order valence-electron chi connectivity index (χ4n) is 11.0. The fourth-order valence-corrected chi connectivity index (χ4v) is 11.0. The Balaban J connectivity index is 0.000000193. The molecule has 0 radical (unpaired) electrons. The summed E-state index contributed by atoms with van der Waals surface area (Å²) < 4.78 is 20.3. The van der Waals surface area contributed by atoms with Crippen LogP contribution in [0.5, 0.6) is 0 Å². The summed E-state index contributed by atoms with van der Waals surface area (Å²) in [6, 6.07) is 35.2. The highest BCUT2D eigenvalue weighted by Gasteiger charge is 2.63. The van der Waals surface area contributed by atoms with Crippen LogP contribution in [-0.4, -0.2) is 122 Å². The normalized spacial score (nSPS) is 22.0. The number of nitrogens with one attached hydrogen (secondary N) is 1. The second-order valence-corrected chi connectivity index (χ2v) is 17.8. The van der Waals surface area contributed by atoms with Gasteiger partial charge in [-0.2, -0.15) is 0 Å². The van der Waals surface area contributed by atoms with Gasteiger partial charge in [0.1, 0.15) is 11.7 Å². The van der Waals surface area contributed by atoms with E-state index >= 15 is 0 Å². The lowest BCUT2D eigenvalue weighted by molar-refractivity contribution is -0.140. The average Bonchev–Trinajstić information content (AvgIpc) is 3.70. The minimum Gasteiger partial charge on any atom is -0.466 e. The average molecular weight is 979 g/mol. The minimum atomic E-state index is -1.000. The lowest BCUT2D eigenvalue weighted by Crippen LogP contribution is -2.65. The number of carbonyl (C=O) groups is 6. The van der Waals surface area contributed by atoms with Crippen LogP contribution in [0.3, 0.4) is 0 Å². The Labute approximate surface area is 417 Å². The molecule has 9 rings (SSSR count). The maximum absolute atomic E-state index is 13.4. The van der Waals surface area contributed by atoms with Gasteiger partial charge in [-0.25, -0.2) is 29.2 Å². The second kappa shape index (κ2) is 21.7. The minimum absolute atomic E-state index is 0.000543. The van der Waals surface area contributed by atoms with Crippen LogP contribution in [-0.2, 0) is 71.6 Å². The van der Waals surface area contributed by atoms with E-state index in [0.29, 0.717) is 44.0 Å². The summed E-state index contributed by atoms with van der Waals surface area (Å²) in [6.07, 6.45) is 2.10. The van der Waals surface area contributed by atoms with Gasteiger partial charge >= 0.3 is 23.9 Å². The predicted molar refractivity (Wildman–Crippen MR) is 266 cm³/mol. The highest BCUT2D eigenvalue weighted by atomic mass is 16.5. The van der Waals surface area contributed by atoms with Crippen LogP contribution in [0.2, 0.25) is 0 Å². The van der Waals surface area contributed by atoms with Gasteiger partial charge in [-0.15, -0.1) is 0 Å². The molecule has 374 valence electrons. The molecular formula is C55H58N6O11. The first-order valence-electron chi connectivity index (χ1n) is 23.9. The second-order valence-electron chi connectivity index (χ2n) is 17.8. The number of nitrogens with zero attached hydrogens (tertiary/aromatic N) is 5. The molecule has 2 unspecified atom stereocenters. The molecule has 17 heteroatoms. The van der Waals surface area contributed by atoms with E-state index in [0.717, 1.165) is 34.4 Å². The van der Waals surface area contributed by atoms with Crippen molar-refractivity contribution in [1.29, 1.82) is 0 Å². The van der Waals surface area contributed by atoms with Crippen LogP contribution in [0.1, 0.15) is 61.3 Å². The zero-order chi connectivity index (χ0) is 51.2. The van der Waals surface area contributed by atoms with Crippen molar-refractivity contribution in [3.63, 3.8) is 0 Å². The molecule has 2 saturated heterocycles. The number of hydrogen-bond acceptors (Lipinski definition) is 15. The first kappa shape index (κ1) is 50.6. The van der Waals surface area contributed by atoms with E-state index < -0.39 is 46.8 Å². The summed E-state index contributed by atoms with van der Waals surface area (Å²) in [4.78, 5) is 93.9. The number of rotatable bonds is 14. The molecule has 4 aromatic rings. The summed E-state index contributed by atoms with van der Waals surface area (Å²) >= 11 is 0. The van der Waals surface area contributed by atoms with Gasteiger partial charge in [-0.3, -0.25) is 19.4 Å². The quantitative estimate of drug-likeness (QED) is 0.125. The van der Waals surface area contributed by atoms with Gasteiger partial charge < -0.3 is 34.3 Å². The van der Waals surface area contributed by atoms with Crippen LogP contribution in [0.25, 0.3) is 0 Å².